The number of rotatable bonds is 4. The van der Waals surface area contributed by atoms with E-state index < -0.39 is 0 Å². The van der Waals surface area contributed by atoms with Crippen LogP contribution in [0.1, 0.15) is 36.5 Å². The van der Waals surface area contributed by atoms with Gasteiger partial charge >= 0.3 is 6.03 Å². The molecule has 1 aromatic carbocycles. The van der Waals surface area contributed by atoms with Gasteiger partial charge in [-0.3, -0.25) is 4.79 Å². The fourth-order valence-electron chi connectivity index (χ4n) is 2.20. The van der Waals surface area contributed by atoms with Crippen LogP contribution in [0.2, 0.25) is 0 Å². The zero-order chi connectivity index (χ0) is 14.4. The van der Waals surface area contributed by atoms with Gasteiger partial charge in [0.05, 0.1) is 0 Å². The van der Waals surface area contributed by atoms with Crippen molar-refractivity contribution in [1.82, 2.24) is 10.2 Å². The summed E-state index contributed by atoms with van der Waals surface area (Å²) < 4.78 is 0. The normalized spacial score (nSPS) is 14.2. The molecule has 20 heavy (non-hydrogen) atoms. The number of urea groups is 1. The van der Waals surface area contributed by atoms with Crippen LogP contribution in [0.4, 0.5) is 10.5 Å². The summed E-state index contributed by atoms with van der Waals surface area (Å²) in [6.07, 6.45) is 3.02. The van der Waals surface area contributed by atoms with E-state index >= 15 is 0 Å². The molecule has 0 radical (unpaired) electrons. The molecule has 0 spiro atoms. The third-order valence-electron chi connectivity index (χ3n) is 3.30. The van der Waals surface area contributed by atoms with Crippen molar-refractivity contribution in [2.24, 2.45) is 0 Å². The van der Waals surface area contributed by atoms with E-state index in [0.29, 0.717) is 17.8 Å². The number of nitrogens with zero attached hydrogens (tertiary/aromatic N) is 1. The van der Waals surface area contributed by atoms with Crippen LogP contribution in [-0.4, -0.2) is 36.5 Å². The Bertz CT molecular complexity index is 482. The number of carbonyl (C=O) groups is 2. The van der Waals surface area contributed by atoms with Gasteiger partial charge in [0, 0.05) is 30.9 Å². The lowest BCUT2D eigenvalue weighted by atomic mass is 10.2. The van der Waals surface area contributed by atoms with Gasteiger partial charge in [-0.2, -0.15) is 0 Å². The van der Waals surface area contributed by atoms with Gasteiger partial charge in [-0.1, -0.05) is 13.0 Å². The van der Waals surface area contributed by atoms with Crippen molar-refractivity contribution in [3.63, 3.8) is 0 Å². The maximum Gasteiger partial charge on any atom is 0.321 e. The van der Waals surface area contributed by atoms with E-state index in [-0.39, 0.29) is 11.9 Å². The standard InChI is InChI=1S/C15H21N3O2/c1-2-8-16-14(19)12-6-5-7-13(11-12)17-15(20)18-9-3-4-10-18/h5-7,11H,2-4,8-10H2,1H3,(H,16,19)(H,17,20). The topological polar surface area (TPSA) is 61.4 Å². The van der Waals surface area contributed by atoms with Gasteiger partial charge in [-0.05, 0) is 37.5 Å². The molecule has 1 aliphatic rings. The van der Waals surface area contributed by atoms with E-state index in [1.54, 1.807) is 29.2 Å². The van der Waals surface area contributed by atoms with Crippen LogP contribution in [0.15, 0.2) is 24.3 Å². The molecular weight excluding hydrogens is 254 g/mol. The number of nitrogens with one attached hydrogen (secondary N) is 2. The molecule has 2 N–H and O–H groups in total. The van der Waals surface area contributed by atoms with Crippen LogP contribution in [0.3, 0.4) is 0 Å². The molecule has 5 heteroatoms. The lowest BCUT2D eigenvalue weighted by Gasteiger charge is -2.16. The first-order chi connectivity index (χ1) is 9.70. The Kier molecular flexibility index (Phi) is 4.98. The number of likely N-dealkylation sites (tertiary alicyclic amines) is 1. The number of carbonyl (C=O) groups excluding carboxylic acids is 2. The molecule has 0 saturated carbocycles. The first kappa shape index (κ1) is 14.4. The van der Waals surface area contributed by atoms with Crippen LogP contribution >= 0.6 is 0 Å². The number of hydrogen-bond acceptors (Lipinski definition) is 2. The number of hydrogen-bond donors (Lipinski definition) is 2. The largest absolute Gasteiger partial charge is 0.352 e. The summed E-state index contributed by atoms with van der Waals surface area (Å²) in [7, 11) is 0. The lowest BCUT2D eigenvalue weighted by Crippen LogP contribution is -2.32. The SMILES string of the molecule is CCCNC(=O)c1cccc(NC(=O)N2CCCC2)c1. The average molecular weight is 275 g/mol. The Balaban J connectivity index is 1.98. The highest BCUT2D eigenvalue weighted by atomic mass is 16.2. The molecule has 2 rings (SSSR count). The quantitative estimate of drug-likeness (QED) is 0.886. The molecule has 0 aliphatic carbocycles. The summed E-state index contributed by atoms with van der Waals surface area (Å²) in [6.45, 7) is 4.28. The molecule has 1 aliphatic heterocycles. The maximum atomic E-state index is 12.0. The van der Waals surface area contributed by atoms with E-state index in [1.807, 2.05) is 6.92 Å². The van der Waals surface area contributed by atoms with Crippen molar-refractivity contribution in [2.45, 2.75) is 26.2 Å². The zero-order valence-corrected chi connectivity index (χ0v) is 11.8. The molecule has 1 aromatic rings. The molecule has 1 saturated heterocycles. The third-order valence-corrected chi connectivity index (χ3v) is 3.30. The molecule has 3 amide bonds. The number of anilines is 1. The van der Waals surface area contributed by atoms with Crippen LogP contribution in [0, 0.1) is 0 Å². The molecular formula is C15H21N3O2. The van der Waals surface area contributed by atoms with Gasteiger partial charge in [0.25, 0.3) is 5.91 Å². The summed E-state index contributed by atoms with van der Waals surface area (Å²) in [4.78, 5) is 25.6. The van der Waals surface area contributed by atoms with E-state index in [2.05, 4.69) is 10.6 Å². The van der Waals surface area contributed by atoms with Gasteiger partial charge in [0.1, 0.15) is 0 Å². The van der Waals surface area contributed by atoms with Gasteiger partial charge < -0.3 is 15.5 Å². The van der Waals surface area contributed by atoms with Crippen LogP contribution in [0.5, 0.6) is 0 Å². The van der Waals surface area contributed by atoms with Crippen molar-refractivity contribution < 1.29 is 9.59 Å². The highest BCUT2D eigenvalue weighted by Gasteiger charge is 2.17. The number of amides is 3. The second-order valence-corrected chi connectivity index (χ2v) is 4.96. The number of benzene rings is 1. The summed E-state index contributed by atoms with van der Waals surface area (Å²) >= 11 is 0. The molecule has 108 valence electrons. The molecule has 0 aromatic heterocycles. The average Bonchev–Trinajstić information content (AvgIpc) is 2.99. The fraction of sp³-hybridized carbons (Fsp3) is 0.467. The van der Waals surface area contributed by atoms with Crippen molar-refractivity contribution in [3.8, 4) is 0 Å². The van der Waals surface area contributed by atoms with Crippen molar-refractivity contribution in [3.05, 3.63) is 29.8 Å². The van der Waals surface area contributed by atoms with E-state index in [9.17, 15) is 9.59 Å². The van der Waals surface area contributed by atoms with Gasteiger partial charge in [-0.15, -0.1) is 0 Å². The summed E-state index contributed by atoms with van der Waals surface area (Å²) in [5, 5.41) is 5.66. The first-order valence-corrected chi connectivity index (χ1v) is 7.15. The predicted molar refractivity (Wildman–Crippen MR) is 78.9 cm³/mol. The molecule has 1 fully saturated rings. The van der Waals surface area contributed by atoms with E-state index in [4.69, 9.17) is 0 Å². The highest BCUT2D eigenvalue weighted by Crippen LogP contribution is 2.14. The van der Waals surface area contributed by atoms with E-state index in [1.165, 1.54) is 0 Å². The van der Waals surface area contributed by atoms with Crippen molar-refractivity contribution in [2.75, 3.05) is 25.0 Å². The summed E-state index contributed by atoms with van der Waals surface area (Å²) in [5.74, 6) is -0.107. The molecule has 0 unspecified atom stereocenters. The molecule has 0 atom stereocenters. The minimum Gasteiger partial charge on any atom is -0.352 e. The molecule has 5 nitrogen and oxygen atoms in total. The van der Waals surface area contributed by atoms with Crippen LogP contribution in [-0.2, 0) is 0 Å². The minimum atomic E-state index is -0.107. The van der Waals surface area contributed by atoms with Gasteiger partial charge in [0.2, 0.25) is 0 Å². The monoisotopic (exact) mass is 275 g/mol. The van der Waals surface area contributed by atoms with Crippen molar-refractivity contribution >= 4 is 17.6 Å². The van der Waals surface area contributed by atoms with Crippen LogP contribution in [0.25, 0.3) is 0 Å². The summed E-state index contributed by atoms with van der Waals surface area (Å²) in [6, 6.07) is 6.94. The Morgan fingerprint density at radius 3 is 2.70 bits per heavy atom. The van der Waals surface area contributed by atoms with Gasteiger partial charge in [-0.25, -0.2) is 4.79 Å². The second kappa shape index (κ2) is 6.93. The molecule has 1 heterocycles. The Morgan fingerprint density at radius 1 is 1.25 bits per heavy atom. The predicted octanol–water partition coefficient (Wildman–Crippen LogP) is 2.45. The fourth-order valence-corrected chi connectivity index (χ4v) is 2.20. The second-order valence-electron chi connectivity index (χ2n) is 4.96. The van der Waals surface area contributed by atoms with E-state index in [0.717, 1.165) is 32.4 Å². The van der Waals surface area contributed by atoms with Crippen LogP contribution < -0.4 is 10.6 Å². The summed E-state index contributed by atoms with van der Waals surface area (Å²) in [5.41, 5.74) is 1.23. The zero-order valence-electron chi connectivity index (χ0n) is 11.8. The van der Waals surface area contributed by atoms with Crippen molar-refractivity contribution in [1.29, 1.82) is 0 Å². The molecule has 0 bridgehead atoms. The highest BCUT2D eigenvalue weighted by molar-refractivity contribution is 5.96. The smallest absolute Gasteiger partial charge is 0.321 e. The third kappa shape index (κ3) is 3.73. The Labute approximate surface area is 119 Å². The Morgan fingerprint density at radius 2 is 2.00 bits per heavy atom. The van der Waals surface area contributed by atoms with Gasteiger partial charge in [0.15, 0.2) is 0 Å². The minimum absolute atomic E-state index is 0.0892. The Hall–Kier alpha value is -2.04. The first-order valence-electron chi connectivity index (χ1n) is 7.15. The maximum absolute atomic E-state index is 12.0. The lowest BCUT2D eigenvalue weighted by molar-refractivity contribution is 0.0953.